The smallest absolute Gasteiger partial charge is 0.320 e. The molecule has 0 saturated carbocycles. The van der Waals surface area contributed by atoms with Gasteiger partial charge in [-0.25, -0.2) is 0 Å². The summed E-state index contributed by atoms with van der Waals surface area (Å²) in [6.45, 7) is 0.233. The summed E-state index contributed by atoms with van der Waals surface area (Å²) in [6.07, 6.45) is 0. The van der Waals surface area contributed by atoms with E-state index in [-0.39, 0.29) is 12.4 Å². The van der Waals surface area contributed by atoms with E-state index in [4.69, 9.17) is 17.3 Å². The summed E-state index contributed by atoms with van der Waals surface area (Å²) in [5, 5.41) is 2.48. The molecule has 0 fully saturated rings. The lowest BCUT2D eigenvalue weighted by Crippen LogP contribution is -2.41. The minimum Gasteiger partial charge on any atom is -0.399 e. The van der Waals surface area contributed by atoms with Crippen molar-refractivity contribution in [3.8, 4) is 0 Å². The average molecular weight is 318 g/mol. The number of carbonyl (C=O) groups is 2. The van der Waals surface area contributed by atoms with Crippen LogP contribution in [0, 0.1) is 0 Å². The summed E-state index contributed by atoms with van der Waals surface area (Å²) in [5.74, 6) is -1.14. The predicted octanol–water partition coefficient (Wildman–Crippen LogP) is 2.29. The second-order valence-corrected chi connectivity index (χ2v) is 4.89. The second-order valence-electron chi connectivity index (χ2n) is 4.51. The minimum absolute atomic E-state index is 0.233. The Kier molecular flexibility index (Phi) is 5.38. The van der Waals surface area contributed by atoms with Crippen LogP contribution in [0.5, 0.6) is 0 Å². The summed E-state index contributed by atoms with van der Waals surface area (Å²) in [5.41, 5.74) is 7.41. The first-order valence-corrected chi connectivity index (χ1v) is 7.26. The van der Waals surface area contributed by atoms with E-state index in [1.807, 2.05) is 6.07 Å². The number of hydrogen-bond acceptors (Lipinski definition) is 3. The van der Waals surface area contributed by atoms with Crippen LogP contribution in [0.15, 0.2) is 54.6 Å². The number of anilines is 3. The summed E-state index contributed by atoms with van der Waals surface area (Å²) in [7, 11) is 0. The third-order valence-electron chi connectivity index (χ3n) is 2.94. The van der Waals surface area contributed by atoms with E-state index >= 15 is 0 Å². The summed E-state index contributed by atoms with van der Waals surface area (Å²) in [6, 6.07) is 15.7. The van der Waals surface area contributed by atoms with Crippen molar-refractivity contribution in [1.82, 2.24) is 5.32 Å². The molecule has 0 radical (unpaired) electrons. The molecule has 2 rings (SSSR count). The topological polar surface area (TPSA) is 75.4 Å². The number of carbonyl (C=O) groups excluding carboxylic acids is 2. The molecule has 0 aliphatic carbocycles. The van der Waals surface area contributed by atoms with Crippen molar-refractivity contribution in [1.29, 1.82) is 0 Å². The Hall–Kier alpha value is -2.53. The highest BCUT2D eigenvalue weighted by Gasteiger charge is 2.24. The fourth-order valence-corrected chi connectivity index (χ4v) is 2.02. The molecule has 0 spiro atoms. The third kappa shape index (κ3) is 3.77. The lowest BCUT2D eigenvalue weighted by molar-refractivity contribution is -0.137. The molecule has 0 bridgehead atoms. The number of benzene rings is 2. The Morgan fingerprint density at radius 2 is 1.59 bits per heavy atom. The molecule has 0 heterocycles. The normalized spacial score (nSPS) is 10.0. The molecule has 2 amide bonds. The Balaban J connectivity index is 2.36. The van der Waals surface area contributed by atoms with E-state index in [2.05, 4.69) is 5.32 Å². The Morgan fingerprint density at radius 3 is 2.18 bits per heavy atom. The molecule has 0 atom stereocenters. The predicted molar refractivity (Wildman–Crippen MR) is 88.2 cm³/mol. The van der Waals surface area contributed by atoms with Crippen LogP contribution in [0.1, 0.15) is 0 Å². The molecule has 2 aromatic carbocycles. The van der Waals surface area contributed by atoms with Crippen molar-refractivity contribution < 1.29 is 9.59 Å². The highest BCUT2D eigenvalue weighted by Crippen LogP contribution is 2.26. The maximum Gasteiger partial charge on any atom is 0.320 e. The fourth-order valence-electron chi connectivity index (χ4n) is 1.92. The highest BCUT2D eigenvalue weighted by molar-refractivity contribution is 6.42. The molecule has 114 valence electrons. The quantitative estimate of drug-likeness (QED) is 0.516. The monoisotopic (exact) mass is 317 g/mol. The van der Waals surface area contributed by atoms with Crippen molar-refractivity contribution in [2.24, 2.45) is 0 Å². The maximum atomic E-state index is 12.5. The van der Waals surface area contributed by atoms with Crippen molar-refractivity contribution in [2.45, 2.75) is 0 Å². The maximum absolute atomic E-state index is 12.5. The SMILES string of the molecule is Nc1ccc(N(C(=O)C(=O)NCCCl)c2ccccc2)cc1. The Labute approximate surface area is 133 Å². The second kappa shape index (κ2) is 7.47. The zero-order valence-corrected chi connectivity index (χ0v) is 12.6. The molecule has 0 aliphatic heterocycles. The van der Waals surface area contributed by atoms with Crippen molar-refractivity contribution in [3.05, 3.63) is 54.6 Å². The molecular formula is C16H16ClN3O2. The van der Waals surface area contributed by atoms with Crippen molar-refractivity contribution >= 4 is 40.5 Å². The van der Waals surface area contributed by atoms with Crippen LogP contribution in [-0.2, 0) is 9.59 Å². The Bertz CT molecular complexity index is 644. The molecule has 3 N–H and O–H groups in total. The van der Waals surface area contributed by atoms with Crippen LogP contribution in [0.3, 0.4) is 0 Å². The van der Waals surface area contributed by atoms with Gasteiger partial charge in [-0.3, -0.25) is 14.5 Å². The number of halogens is 1. The van der Waals surface area contributed by atoms with Gasteiger partial charge in [0.1, 0.15) is 0 Å². The van der Waals surface area contributed by atoms with Crippen molar-refractivity contribution in [2.75, 3.05) is 23.1 Å². The minimum atomic E-state index is -0.707. The van der Waals surface area contributed by atoms with Gasteiger partial charge in [0.2, 0.25) is 0 Å². The lowest BCUT2D eigenvalue weighted by atomic mass is 10.2. The van der Waals surface area contributed by atoms with Crippen LogP contribution >= 0.6 is 11.6 Å². The summed E-state index contributed by atoms with van der Waals surface area (Å²) >= 11 is 5.53. The molecule has 0 aromatic heterocycles. The van der Waals surface area contributed by atoms with Gasteiger partial charge in [0, 0.05) is 29.5 Å². The van der Waals surface area contributed by atoms with E-state index in [9.17, 15) is 9.59 Å². The molecule has 0 saturated heterocycles. The number of hydrogen-bond donors (Lipinski definition) is 2. The number of nitrogen functional groups attached to an aromatic ring is 1. The molecule has 6 heteroatoms. The van der Waals surface area contributed by atoms with Gasteiger partial charge in [0.05, 0.1) is 0 Å². The number of nitrogens with zero attached hydrogens (tertiary/aromatic N) is 1. The van der Waals surface area contributed by atoms with E-state index < -0.39 is 11.8 Å². The van der Waals surface area contributed by atoms with Crippen LogP contribution in [0.4, 0.5) is 17.1 Å². The highest BCUT2D eigenvalue weighted by atomic mass is 35.5. The standard InChI is InChI=1S/C16H16ClN3O2/c17-10-11-19-15(21)16(22)20(13-4-2-1-3-5-13)14-8-6-12(18)7-9-14/h1-9H,10-11,18H2,(H,19,21). The van der Waals surface area contributed by atoms with Gasteiger partial charge in [-0.05, 0) is 36.4 Å². The number of amides is 2. The van der Waals surface area contributed by atoms with Gasteiger partial charge in [-0.2, -0.15) is 0 Å². The molecule has 0 unspecified atom stereocenters. The van der Waals surface area contributed by atoms with Gasteiger partial charge in [0.25, 0.3) is 0 Å². The summed E-state index contributed by atoms with van der Waals surface area (Å²) in [4.78, 5) is 25.8. The molecular weight excluding hydrogens is 302 g/mol. The number of para-hydroxylation sites is 1. The van der Waals surface area contributed by atoms with E-state index in [1.165, 1.54) is 4.90 Å². The molecule has 2 aromatic rings. The summed E-state index contributed by atoms with van der Waals surface area (Å²) < 4.78 is 0. The van der Waals surface area contributed by atoms with E-state index in [0.717, 1.165) is 0 Å². The van der Waals surface area contributed by atoms with Crippen LogP contribution in [0.2, 0.25) is 0 Å². The first kappa shape index (κ1) is 15.9. The Morgan fingerprint density at radius 1 is 1.00 bits per heavy atom. The zero-order chi connectivity index (χ0) is 15.9. The van der Waals surface area contributed by atoms with Crippen molar-refractivity contribution in [3.63, 3.8) is 0 Å². The first-order chi connectivity index (χ1) is 10.6. The van der Waals surface area contributed by atoms with Crippen LogP contribution in [-0.4, -0.2) is 24.2 Å². The number of nitrogens with one attached hydrogen (secondary N) is 1. The fraction of sp³-hybridized carbons (Fsp3) is 0.125. The third-order valence-corrected chi connectivity index (χ3v) is 3.13. The number of nitrogens with two attached hydrogens (primary N) is 1. The van der Waals surface area contributed by atoms with Crippen LogP contribution in [0.25, 0.3) is 0 Å². The average Bonchev–Trinajstić information content (AvgIpc) is 2.55. The number of rotatable bonds is 4. The van der Waals surface area contributed by atoms with Gasteiger partial charge < -0.3 is 11.1 Å². The molecule has 0 aliphatic rings. The molecule has 5 nitrogen and oxygen atoms in total. The van der Waals surface area contributed by atoms with Gasteiger partial charge in [0.15, 0.2) is 0 Å². The zero-order valence-electron chi connectivity index (χ0n) is 11.8. The van der Waals surface area contributed by atoms with Gasteiger partial charge in [-0.1, -0.05) is 18.2 Å². The number of alkyl halides is 1. The largest absolute Gasteiger partial charge is 0.399 e. The van der Waals surface area contributed by atoms with Crippen LogP contribution < -0.4 is 16.0 Å². The van der Waals surface area contributed by atoms with E-state index in [0.29, 0.717) is 17.1 Å². The van der Waals surface area contributed by atoms with Gasteiger partial charge >= 0.3 is 11.8 Å². The first-order valence-electron chi connectivity index (χ1n) is 6.72. The van der Waals surface area contributed by atoms with E-state index in [1.54, 1.807) is 48.5 Å². The molecule has 22 heavy (non-hydrogen) atoms. The van der Waals surface area contributed by atoms with Gasteiger partial charge in [-0.15, -0.1) is 11.6 Å². The lowest BCUT2D eigenvalue weighted by Gasteiger charge is -2.22.